The van der Waals surface area contributed by atoms with Crippen LogP contribution in [-0.4, -0.2) is 45.3 Å². The fourth-order valence-corrected chi connectivity index (χ4v) is 3.28. The summed E-state index contributed by atoms with van der Waals surface area (Å²) in [4.78, 5) is 23.0. The maximum atomic E-state index is 12.2. The normalized spacial score (nSPS) is 17.6. The van der Waals surface area contributed by atoms with Crippen LogP contribution in [0.15, 0.2) is 18.5 Å². The van der Waals surface area contributed by atoms with Gasteiger partial charge in [0.25, 0.3) is 0 Å². The number of amides is 1. The third-order valence-electron chi connectivity index (χ3n) is 4.53. The molecule has 0 aromatic carbocycles. The van der Waals surface area contributed by atoms with Gasteiger partial charge in [0.1, 0.15) is 6.54 Å². The van der Waals surface area contributed by atoms with E-state index < -0.39 is 0 Å². The lowest BCUT2D eigenvalue weighted by molar-refractivity contribution is -0.122. The molecule has 0 spiro atoms. The molecule has 1 saturated heterocycles. The number of aromatic nitrogens is 4. The first-order valence-corrected chi connectivity index (χ1v) is 8.90. The van der Waals surface area contributed by atoms with Crippen LogP contribution >= 0.6 is 11.6 Å². The van der Waals surface area contributed by atoms with Gasteiger partial charge in [0.15, 0.2) is 0 Å². The molecule has 8 heteroatoms. The van der Waals surface area contributed by atoms with E-state index in [0.717, 1.165) is 43.3 Å². The number of piperidine rings is 1. The molecule has 1 aliphatic rings. The fraction of sp³-hybridized carbons (Fsp3) is 0.529. The van der Waals surface area contributed by atoms with Crippen molar-refractivity contribution in [2.75, 3.05) is 24.5 Å². The second kappa shape index (κ2) is 7.82. The van der Waals surface area contributed by atoms with E-state index in [-0.39, 0.29) is 12.5 Å². The van der Waals surface area contributed by atoms with Gasteiger partial charge in [0, 0.05) is 32.0 Å². The number of hydrogen-bond donors (Lipinski definition) is 1. The average molecular weight is 363 g/mol. The Morgan fingerprint density at radius 3 is 2.80 bits per heavy atom. The molecule has 0 saturated carbocycles. The molecule has 0 unspecified atom stereocenters. The van der Waals surface area contributed by atoms with Crippen LogP contribution in [0.5, 0.6) is 0 Å². The molecule has 0 radical (unpaired) electrons. The fourth-order valence-electron chi connectivity index (χ4n) is 3.15. The quantitative estimate of drug-likeness (QED) is 0.880. The Morgan fingerprint density at radius 2 is 2.12 bits per heavy atom. The van der Waals surface area contributed by atoms with Gasteiger partial charge >= 0.3 is 0 Å². The van der Waals surface area contributed by atoms with Crippen molar-refractivity contribution in [2.24, 2.45) is 5.92 Å². The molecule has 0 aliphatic carbocycles. The first-order chi connectivity index (χ1) is 12.0. The molecule has 134 valence electrons. The van der Waals surface area contributed by atoms with Gasteiger partial charge in [-0.2, -0.15) is 5.10 Å². The number of carbonyl (C=O) groups is 1. The lowest BCUT2D eigenvalue weighted by Crippen LogP contribution is -2.42. The summed E-state index contributed by atoms with van der Waals surface area (Å²) in [6.07, 6.45) is 5.68. The van der Waals surface area contributed by atoms with Crippen molar-refractivity contribution < 1.29 is 4.79 Å². The molecule has 3 rings (SSSR count). The number of halogens is 1. The van der Waals surface area contributed by atoms with Gasteiger partial charge in [0.2, 0.25) is 11.9 Å². The van der Waals surface area contributed by atoms with Crippen molar-refractivity contribution >= 4 is 23.5 Å². The number of aryl methyl sites for hydroxylation is 1. The number of nitrogens with zero attached hydrogens (tertiary/aromatic N) is 5. The minimum absolute atomic E-state index is 0.0460. The van der Waals surface area contributed by atoms with Crippen molar-refractivity contribution in [1.82, 2.24) is 25.1 Å². The molecular formula is C17H23ClN6O. The zero-order valence-corrected chi connectivity index (χ0v) is 15.3. The topological polar surface area (TPSA) is 75.9 Å². The van der Waals surface area contributed by atoms with Gasteiger partial charge < -0.3 is 10.2 Å². The highest BCUT2D eigenvalue weighted by atomic mass is 35.5. The van der Waals surface area contributed by atoms with E-state index in [0.29, 0.717) is 17.5 Å². The lowest BCUT2D eigenvalue weighted by Gasteiger charge is -2.32. The molecule has 1 fully saturated rings. The Balaban J connectivity index is 1.51. The zero-order chi connectivity index (χ0) is 17.8. The van der Waals surface area contributed by atoms with Crippen LogP contribution in [0.3, 0.4) is 0 Å². The van der Waals surface area contributed by atoms with Crippen LogP contribution in [0, 0.1) is 19.8 Å². The summed E-state index contributed by atoms with van der Waals surface area (Å²) in [7, 11) is 0. The summed E-state index contributed by atoms with van der Waals surface area (Å²) in [6, 6.07) is 1.82. The van der Waals surface area contributed by atoms with Gasteiger partial charge in [0.05, 0.1) is 16.4 Å². The first-order valence-electron chi connectivity index (χ1n) is 8.52. The number of carbonyl (C=O) groups excluding carboxylic acids is 1. The minimum Gasteiger partial charge on any atom is -0.354 e. The van der Waals surface area contributed by atoms with Crippen LogP contribution in [-0.2, 0) is 11.3 Å². The van der Waals surface area contributed by atoms with Gasteiger partial charge in [-0.15, -0.1) is 0 Å². The van der Waals surface area contributed by atoms with Crippen LogP contribution in [0.25, 0.3) is 0 Å². The molecule has 1 atom stereocenters. The van der Waals surface area contributed by atoms with Crippen LogP contribution in [0.2, 0.25) is 5.02 Å². The molecule has 1 N–H and O–H groups in total. The van der Waals surface area contributed by atoms with Crippen LogP contribution in [0.1, 0.15) is 24.2 Å². The summed E-state index contributed by atoms with van der Waals surface area (Å²) in [5, 5.41) is 7.94. The van der Waals surface area contributed by atoms with E-state index in [2.05, 4.69) is 25.3 Å². The molecule has 2 aromatic heterocycles. The highest BCUT2D eigenvalue weighted by Gasteiger charge is 2.22. The maximum Gasteiger partial charge on any atom is 0.241 e. The van der Waals surface area contributed by atoms with Crippen molar-refractivity contribution in [3.8, 4) is 0 Å². The minimum atomic E-state index is -0.0460. The molecule has 7 nitrogen and oxygen atoms in total. The van der Waals surface area contributed by atoms with E-state index in [1.54, 1.807) is 17.1 Å². The largest absolute Gasteiger partial charge is 0.354 e. The second-order valence-electron chi connectivity index (χ2n) is 6.45. The Morgan fingerprint density at radius 1 is 1.36 bits per heavy atom. The third-order valence-corrected chi connectivity index (χ3v) is 5.08. The molecule has 3 heterocycles. The van der Waals surface area contributed by atoms with Gasteiger partial charge in [-0.3, -0.25) is 9.48 Å². The zero-order valence-electron chi connectivity index (χ0n) is 14.6. The maximum absolute atomic E-state index is 12.2. The van der Waals surface area contributed by atoms with Crippen molar-refractivity contribution in [3.05, 3.63) is 34.9 Å². The van der Waals surface area contributed by atoms with Gasteiger partial charge in [-0.1, -0.05) is 11.6 Å². The number of nitrogens with one attached hydrogen (secondary N) is 1. The first kappa shape index (κ1) is 17.7. The Bertz CT molecular complexity index is 732. The number of rotatable bonds is 5. The van der Waals surface area contributed by atoms with Crippen molar-refractivity contribution in [1.29, 1.82) is 0 Å². The molecule has 0 bridgehead atoms. The standard InChI is InChI=1S/C17H23ClN6O/c1-12-16(18)13(2)24(22-12)11-15(25)21-9-14-5-3-8-23(10-14)17-19-6-4-7-20-17/h4,6-7,14H,3,5,8-11H2,1-2H3,(H,21,25)/t14-/m1/s1. The monoisotopic (exact) mass is 362 g/mol. The van der Waals surface area contributed by atoms with E-state index in [1.807, 2.05) is 19.9 Å². The highest BCUT2D eigenvalue weighted by molar-refractivity contribution is 6.31. The summed E-state index contributed by atoms with van der Waals surface area (Å²) >= 11 is 6.12. The molecule has 2 aromatic rings. The predicted molar refractivity (Wildman–Crippen MR) is 96.7 cm³/mol. The van der Waals surface area contributed by atoms with Crippen molar-refractivity contribution in [3.63, 3.8) is 0 Å². The SMILES string of the molecule is Cc1nn(CC(=O)NC[C@H]2CCCN(c3ncccn3)C2)c(C)c1Cl. The summed E-state index contributed by atoms with van der Waals surface area (Å²) < 4.78 is 1.65. The van der Waals surface area contributed by atoms with E-state index in [9.17, 15) is 4.79 Å². The highest BCUT2D eigenvalue weighted by Crippen LogP contribution is 2.20. The summed E-state index contributed by atoms with van der Waals surface area (Å²) in [5.74, 6) is 1.11. The number of hydrogen-bond acceptors (Lipinski definition) is 5. The van der Waals surface area contributed by atoms with Gasteiger partial charge in [-0.05, 0) is 38.7 Å². The molecule has 1 aliphatic heterocycles. The molecule has 1 amide bonds. The Kier molecular flexibility index (Phi) is 5.53. The third kappa shape index (κ3) is 4.28. The lowest BCUT2D eigenvalue weighted by atomic mass is 9.98. The predicted octanol–water partition coefficient (Wildman–Crippen LogP) is 1.98. The van der Waals surface area contributed by atoms with Crippen LogP contribution in [0.4, 0.5) is 5.95 Å². The smallest absolute Gasteiger partial charge is 0.241 e. The van der Waals surface area contributed by atoms with E-state index in [1.165, 1.54) is 0 Å². The molecular weight excluding hydrogens is 340 g/mol. The average Bonchev–Trinajstić information content (AvgIpc) is 2.88. The number of anilines is 1. The van der Waals surface area contributed by atoms with E-state index in [4.69, 9.17) is 11.6 Å². The summed E-state index contributed by atoms with van der Waals surface area (Å²) in [6.45, 7) is 6.36. The van der Waals surface area contributed by atoms with Crippen LogP contribution < -0.4 is 10.2 Å². The Labute approximate surface area is 152 Å². The van der Waals surface area contributed by atoms with Crippen molar-refractivity contribution in [2.45, 2.75) is 33.2 Å². The Hall–Kier alpha value is -2.15. The second-order valence-corrected chi connectivity index (χ2v) is 6.83. The van der Waals surface area contributed by atoms with Gasteiger partial charge in [-0.25, -0.2) is 9.97 Å². The molecule has 25 heavy (non-hydrogen) atoms. The summed E-state index contributed by atoms with van der Waals surface area (Å²) in [5.41, 5.74) is 1.57. The van der Waals surface area contributed by atoms with E-state index >= 15 is 0 Å².